The van der Waals surface area contributed by atoms with Crippen LogP contribution < -0.4 is 10.6 Å². The third kappa shape index (κ3) is 2.10. The summed E-state index contributed by atoms with van der Waals surface area (Å²) in [6, 6.07) is 0.348. The number of aliphatic hydroxyl groups is 1. The highest BCUT2D eigenvalue weighted by Crippen LogP contribution is 1.96. The van der Waals surface area contributed by atoms with Gasteiger partial charge >= 0.3 is 0 Å². The van der Waals surface area contributed by atoms with Crippen LogP contribution in [0.1, 0.15) is 6.42 Å². The smallest absolute Gasteiger partial charge is 0.117 e. The third-order valence-electron chi connectivity index (χ3n) is 1.61. The van der Waals surface area contributed by atoms with Gasteiger partial charge in [0, 0.05) is 19.1 Å². The molecule has 1 rings (SSSR count). The lowest BCUT2D eigenvalue weighted by Gasteiger charge is -2.27. The van der Waals surface area contributed by atoms with Gasteiger partial charge in [0.05, 0.1) is 0 Å². The Kier molecular flexibility index (Phi) is 2.86. The van der Waals surface area contributed by atoms with Gasteiger partial charge < -0.3 is 10.4 Å². The summed E-state index contributed by atoms with van der Waals surface area (Å²) >= 11 is 0. The second-order valence-corrected chi connectivity index (χ2v) is 2.56. The van der Waals surface area contributed by atoms with Gasteiger partial charge in [-0.05, 0) is 6.42 Å². The zero-order chi connectivity index (χ0) is 7.40. The van der Waals surface area contributed by atoms with E-state index in [1.165, 1.54) is 0 Å². The van der Waals surface area contributed by atoms with Crippen molar-refractivity contribution in [3.05, 3.63) is 12.7 Å². The Morgan fingerprint density at radius 2 is 2.40 bits per heavy atom. The van der Waals surface area contributed by atoms with E-state index in [2.05, 4.69) is 17.2 Å². The Labute approximate surface area is 61.1 Å². The standard InChI is InChI=1S/C7H14N2O/c1-2-3-6-4-8-5-7(10)9-6/h2,6-10H,1,3-5H2. The van der Waals surface area contributed by atoms with Gasteiger partial charge in [-0.2, -0.15) is 0 Å². The Morgan fingerprint density at radius 3 is 3.00 bits per heavy atom. The fourth-order valence-corrected chi connectivity index (χ4v) is 1.14. The van der Waals surface area contributed by atoms with Gasteiger partial charge in [0.2, 0.25) is 0 Å². The van der Waals surface area contributed by atoms with E-state index in [1.54, 1.807) is 0 Å². The number of rotatable bonds is 2. The van der Waals surface area contributed by atoms with Crippen LogP contribution in [-0.4, -0.2) is 30.5 Å². The lowest BCUT2D eigenvalue weighted by Crippen LogP contribution is -2.54. The van der Waals surface area contributed by atoms with Gasteiger partial charge in [-0.25, -0.2) is 0 Å². The number of aliphatic hydroxyl groups excluding tert-OH is 1. The predicted molar refractivity (Wildman–Crippen MR) is 40.6 cm³/mol. The van der Waals surface area contributed by atoms with Crippen LogP contribution in [0.2, 0.25) is 0 Å². The first-order valence-corrected chi connectivity index (χ1v) is 3.58. The first kappa shape index (κ1) is 7.72. The summed E-state index contributed by atoms with van der Waals surface area (Å²) in [5.74, 6) is 0. The van der Waals surface area contributed by atoms with Crippen LogP contribution in [0, 0.1) is 0 Å². The number of hydrogen-bond donors (Lipinski definition) is 3. The van der Waals surface area contributed by atoms with E-state index >= 15 is 0 Å². The zero-order valence-electron chi connectivity index (χ0n) is 6.01. The maximum atomic E-state index is 9.10. The van der Waals surface area contributed by atoms with E-state index in [-0.39, 0.29) is 0 Å². The molecule has 1 aliphatic heterocycles. The average Bonchev–Trinajstić information content (AvgIpc) is 1.88. The molecule has 1 fully saturated rings. The molecule has 58 valence electrons. The molecule has 0 bridgehead atoms. The molecule has 3 N–H and O–H groups in total. The second kappa shape index (κ2) is 3.71. The van der Waals surface area contributed by atoms with Gasteiger partial charge in [0.25, 0.3) is 0 Å². The van der Waals surface area contributed by atoms with Crippen LogP contribution in [-0.2, 0) is 0 Å². The molecule has 2 unspecified atom stereocenters. The van der Waals surface area contributed by atoms with E-state index < -0.39 is 6.23 Å². The molecule has 0 spiro atoms. The number of piperazine rings is 1. The molecule has 0 aliphatic carbocycles. The van der Waals surface area contributed by atoms with Gasteiger partial charge in [0.1, 0.15) is 6.23 Å². The molecule has 3 heteroatoms. The minimum absolute atomic E-state index is 0.348. The van der Waals surface area contributed by atoms with Crippen LogP contribution in [0.25, 0.3) is 0 Å². The van der Waals surface area contributed by atoms with E-state index in [1.807, 2.05) is 6.08 Å². The lowest BCUT2D eigenvalue weighted by molar-refractivity contribution is 0.0985. The first-order valence-electron chi connectivity index (χ1n) is 3.58. The van der Waals surface area contributed by atoms with Crippen molar-refractivity contribution in [2.24, 2.45) is 0 Å². The summed E-state index contributed by atoms with van der Waals surface area (Å²) in [6.45, 7) is 5.20. The molecule has 3 nitrogen and oxygen atoms in total. The molecule has 1 heterocycles. The molecule has 1 saturated heterocycles. The van der Waals surface area contributed by atoms with Crippen molar-refractivity contribution in [2.45, 2.75) is 18.7 Å². The minimum Gasteiger partial charge on any atom is -0.377 e. The monoisotopic (exact) mass is 142 g/mol. The van der Waals surface area contributed by atoms with Gasteiger partial charge in [-0.15, -0.1) is 6.58 Å². The molecule has 0 amide bonds. The summed E-state index contributed by atoms with van der Waals surface area (Å²) < 4.78 is 0. The Balaban J connectivity index is 2.24. The average molecular weight is 142 g/mol. The van der Waals surface area contributed by atoms with Gasteiger partial charge in [-0.3, -0.25) is 5.32 Å². The van der Waals surface area contributed by atoms with Crippen LogP contribution >= 0.6 is 0 Å². The maximum absolute atomic E-state index is 9.10. The molecule has 2 atom stereocenters. The molecule has 0 saturated carbocycles. The largest absolute Gasteiger partial charge is 0.377 e. The van der Waals surface area contributed by atoms with Crippen molar-refractivity contribution in [3.8, 4) is 0 Å². The highest BCUT2D eigenvalue weighted by molar-refractivity contribution is 4.84. The van der Waals surface area contributed by atoms with Crippen molar-refractivity contribution in [2.75, 3.05) is 13.1 Å². The Hall–Kier alpha value is -0.380. The first-order chi connectivity index (χ1) is 4.83. The van der Waals surface area contributed by atoms with Crippen molar-refractivity contribution in [1.29, 1.82) is 0 Å². The summed E-state index contributed by atoms with van der Waals surface area (Å²) in [5, 5.41) is 15.2. The number of nitrogens with one attached hydrogen (secondary N) is 2. The molecule has 0 aromatic carbocycles. The predicted octanol–water partition coefficient (Wildman–Crippen LogP) is -0.558. The normalized spacial score (nSPS) is 33.7. The molecule has 0 aromatic rings. The number of hydrogen-bond acceptors (Lipinski definition) is 3. The maximum Gasteiger partial charge on any atom is 0.117 e. The highest BCUT2D eigenvalue weighted by Gasteiger charge is 2.16. The van der Waals surface area contributed by atoms with Crippen molar-refractivity contribution >= 4 is 0 Å². The van der Waals surface area contributed by atoms with E-state index in [0.717, 1.165) is 13.0 Å². The molecule has 0 aromatic heterocycles. The topological polar surface area (TPSA) is 44.3 Å². The fourth-order valence-electron chi connectivity index (χ4n) is 1.14. The minimum atomic E-state index is -0.390. The third-order valence-corrected chi connectivity index (χ3v) is 1.61. The Morgan fingerprint density at radius 1 is 1.60 bits per heavy atom. The van der Waals surface area contributed by atoms with Crippen LogP contribution in [0.3, 0.4) is 0 Å². The summed E-state index contributed by atoms with van der Waals surface area (Å²) in [5.41, 5.74) is 0. The van der Waals surface area contributed by atoms with Crippen LogP contribution in [0.5, 0.6) is 0 Å². The quantitative estimate of drug-likeness (QED) is 0.453. The van der Waals surface area contributed by atoms with E-state index in [0.29, 0.717) is 12.6 Å². The second-order valence-electron chi connectivity index (χ2n) is 2.56. The van der Waals surface area contributed by atoms with E-state index in [9.17, 15) is 0 Å². The van der Waals surface area contributed by atoms with Gasteiger partial charge in [0.15, 0.2) is 0 Å². The van der Waals surface area contributed by atoms with E-state index in [4.69, 9.17) is 5.11 Å². The fraction of sp³-hybridized carbons (Fsp3) is 0.714. The zero-order valence-corrected chi connectivity index (χ0v) is 6.01. The Bertz CT molecular complexity index is 116. The summed E-state index contributed by atoms with van der Waals surface area (Å²) in [4.78, 5) is 0. The molecule has 0 radical (unpaired) electrons. The van der Waals surface area contributed by atoms with Gasteiger partial charge in [-0.1, -0.05) is 6.08 Å². The van der Waals surface area contributed by atoms with Crippen LogP contribution in [0.15, 0.2) is 12.7 Å². The molecular weight excluding hydrogens is 128 g/mol. The molecular formula is C7H14N2O. The van der Waals surface area contributed by atoms with Crippen LogP contribution in [0.4, 0.5) is 0 Å². The van der Waals surface area contributed by atoms with Crippen molar-refractivity contribution in [3.63, 3.8) is 0 Å². The molecule has 10 heavy (non-hydrogen) atoms. The molecule has 1 aliphatic rings. The summed E-state index contributed by atoms with van der Waals surface area (Å²) in [7, 11) is 0. The van der Waals surface area contributed by atoms with Crippen molar-refractivity contribution in [1.82, 2.24) is 10.6 Å². The SMILES string of the molecule is C=CCC1CNCC(O)N1. The van der Waals surface area contributed by atoms with Crippen molar-refractivity contribution < 1.29 is 5.11 Å². The lowest BCUT2D eigenvalue weighted by atomic mass is 10.1. The number of β-amino-alcohol motifs (C(OH)–C–C–N with tert-alkyl or cyclic N) is 1. The summed E-state index contributed by atoms with van der Waals surface area (Å²) in [6.07, 6.45) is 2.38. The highest BCUT2D eigenvalue weighted by atomic mass is 16.3.